The highest BCUT2D eigenvalue weighted by molar-refractivity contribution is 9.10. The number of methoxy groups -OCH3 is 1. The molecule has 5 heteroatoms. The van der Waals surface area contributed by atoms with Crippen molar-refractivity contribution in [3.8, 4) is 0 Å². The molecule has 1 amide bonds. The maximum Gasteiger partial charge on any atom is 0.252 e. The molecule has 1 aliphatic carbocycles. The zero-order chi connectivity index (χ0) is 13.1. The first-order valence-corrected chi connectivity index (χ1v) is 6.78. The van der Waals surface area contributed by atoms with Gasteiger partial charge in [0.25, 0.3) is 5.91 Å². The van der Waals surface area contributed by atoms with E-state index in [1.54, 1.807) is 25.3 Å². The third-order valence-corrected chi connectivity index (χ3v) is 3.98. The van der Waals surface area contributed by atoms with E-state index in [-0.39, 0.29) is 18.1 Å². The SMILES string of the molecule is COC1CCC(NC(=O)c2cc(N)ccc2Br)C1. The minimum Gasteiger partial charge on any atom is -0.399 e. The normalized spacial score (nSPS) is 23.0. The van der Waals surface area contributed by atoms with Gasteiger partial charge in [0.05, 0.1) is 11.7 Å². The fourth-order valence-electron chi connectivity index (χ4n) is 2.27. The number of anilines is 1. The first kappa shape index (κ1) is 13.4. The van der Waals surface area contributed by atoms with Crippen LogP contribution in [0.15, 0.2) is 22.7 Å². The summed E-state index contributed by atoms with van der Waals surface area (Å²) < 4.78 is 6.05. The molecule has 2 atom stereocenters. The van der Waals surface area contributed by atoms with Crippen molar-refractivity contribution in [2.45, 2.75) is 31.4 Å². The molecule has 2 unspecified atom stereocenters. The number of halogens is 1. The molecule has 3 N–H and O–H groups in total. The van der Waals surface area contributed by atoms with Gasteiger partial charge in [-0.25, -0.2) is 0 Å². The number of hydrogen-bond donors (Lipinski definition) is 2. The Kier molecular flexibility index (Phi) is 4.24. The van der Waals surface area contributed by atoms with Crippen LogP contribution in [0.2, 0.25) is 0 Å². The second kappa shape index (κ2) is 5.71. The van der Waals surface area contributed by atoms with Gasteiger partial charge in [0.1, 0.15) is 0 Å². The standard InChI is InChI=1S/C13H17BrN2O2/c1-18-10-4-3-9(7-10)16-13(17)11-6-8(15)2-5-12(11)14/h2,5-6,9-10H,3-4,7,15H2,1H3,(H,16,17). The largest absolute Gasteiger partial charge is 0.399 e. The number of ether oxygens (including phenoxy) is 1. The average Bonchev–Trinajstić information content (AvgIpc) is 2.80. The van der Waals surface area contributed by atoms with Crippen molar-refractivity contribution in [3.63, 3.8) is 0 Å². The number of amides is 1. The lowest BCUT2D eigenvalue weighted by Crippen LogP contribution is -2.33. The van der Waals surface area contributed by atoms with E-state index in [2.05, 4.69) is 21.2 Å². The van der Waals surface area contributed by atoms with Crippen LogP contribution >= 0.6 is 15.9 Å². The Balaban J connectivity index is 2.02. The Bertz CT molecular complexity index is 451. The van der Waals surface area contributed by atoms with Crippen molar-refractivity contribution in [3.05, 3.63) is 28.2 Å². The summed E-state index contributed by atoms with van der Waals surface area (Å²) in [5.74, 6) is -0.0871. The molecule has 2 rings (SSSR count). The lowest BCUT2D eigenvalue weighted by molar-refractivity contribution is 0.0914. The summed E-state index contributed by atoms with van der Waals surface area (Å²) in [5.41, 5.74) is 6.86. The number of nitrogens with one attached hydrogen (secondary N) is 1. The van der Waals surface area contributed by atoms with Crippen LogP contribution in [0.5, 0.6) is 0 Å². The number of nitrogen functional groups attached to an aromatic ring is 1. The van der Waals surface area contributed by atoms with E-state index in [1.165, 1.54) is 0 Å². The smallest absolute Gasteiger partial charge is 0.252 e. The van der Waals surface area contributed by atoms with Gasteiger partial charge in [0.15, 0.2) is 0 Å². The lowest BCUT2D eigenvalue weighted by Gasteiger charge is -2.14. The molecule has 1 aromatic carbocycles. The topological polar surface area (TPSA) is 64.3 Å². The highest BCUT2D eigenvalue weighted by atomic mass is 79.9. The Morgan fingerprint density at radius 1 is 1.50 bits per heavy atom. The predicted octanol–water partition coefficient (Wildman–Crippen LogP) is 2.33. The minimum absolute atomic E-state index is 0.0871. The van der Waals surface area contributed by atoms with Crippen LogP contribution in [0.25, 0.3) is 0 Å². The molecule has 1 aromatic rings. The molecule has 1 saturated carbocycles. The number of rotatable bonds is 3. The van der Waals surface area contributed by atoms with Crippen LogP contribution in [0.3, 0.4) is 0 Å². The highest BCUT2D eigenvalue weighted by Gasteiger charge is 2.26. The van der Waals surface area contributed by atoms with Gasteiger partial charge >= 0.3 is 0 Å². The molecule has 0 spiro atoms. The summed E-state index contributed by atoms with van der Waals surface area (Å²) in [7, 11) is 1.71. The van der Waals surface area contributed by atoms with Crippen molar-refractivity contribution in [1.29, 1.82) is 0 Å². The van der Waals surface area contributed by atoms with E-state index in [9.17, 15) is 4.79 Å². The van der Waals surface area contributed by atoms with Gasteiger partial charge in [-0.15, -0.1) is 0 Å². The van der Waals surface area contributed by atoms with Crippen molar-refractivity contribution in [2.24, 2.45) is 0 Å². The van der Waals surface area contributed by atoms with Crippen molar-refractivity contribution < 1.29 is 9.53 Å². The van der Waals surface area contributed by atoms with E-state index in [1.807, 2.05) is 0 Å². The fraction of sp³-hybridized carbons (Fsp3) is 0.462. The first-order valence-electron chi connectivity index (χ1n) is 5.99. The summed E-state index contributed by atoms with van der Waals surface area (Å²) >= 11 is 3.36. The van der Waals surface area contributed by atoms with Crippen LogP contribution < -0.4 is 11.1 Å². The van der Waals surface area contributed by atoms with Crippen LogP contribution in [-0.2, 0) is 4.74 Å². The summed E-state index contributed by atoms with van der Waals surface area (Å²) in [6.07, 6.45) is 3.10. The van der Waals surface area contributed by atoms with Gasteiger partial charge < -0.3 is 15.8 Å². The van der Waals surface area contributed by atoms with Crippen LogP contribution in [0.4, 0.5) is 5.69 Å². The molecule has 0 saturated heterocycles. The third kappa shape index (κ3) is 3.03. The van der Waals surface area contributed by atoms with E-state index in [4.69, 9.17) is 10.5 Å². The molecule has 4 nitrogen and oxygen atoms in total. The van der Waals surface area contributed by atoms with Crippen LogP contribution in [0, 0.1) is 0 Å². The Morgan fingerprint density at radius 2 is 2.28 bits per heavy atom. The van der Waals surface area contributed by atoms with Crippen molar-refractivity contribution in [1.82, 2.24) is 5.32 Å². The maximum atomic E-state index is 12.1. The van der Waals surface area contributed by atoms with E-state index in [0.717, 1.165) is 23.7 Å². The molecule has 18 heavy (non-hydrogen) atoms. The van der Waals surface area contributed by atoms with Gasteiger partial charge in [-0.3, -0.25) is 4.79 Å². The van der Waals surface area contributed by atoms with Crippen LogP contribution in [-0.4, -0.2) is 25.2 Å². The Hall–Kier alpha value is -1.07. The van der Waals surface area contributed by atoms with Gasteiger partial charge in [-0.2, -0.15) is 0 Å². The van der Waals surface area contributed by atoms with Gasteiger partial charge in [0.2, 0.25) is 0 Å². The van der Waals surface area contributed by atoms with E-state index in [0.29, 0.717) is 11.3 Å². The van der Waals surface area contributed by atoms with E-state index < -0.39 is 0 Å². The van der Waals surface area contributed by atoms with Crippen molar-refractivity contribution >= 4 is 27.5 Å². The molecule has 0 aromatic heterocycles. The molecule has 98 valence electrons. The van der Waals surface area contributed by atoms with E-state index >= 15 is 0 Å². The summed E-state index contributed by atoms with van der Waals surface area (Å²) in [4.78, 5) is 12.1. The molecule has 0 bridgehead atoms. The fourth-order valence-corrected chi connectivity index (χ4v) is 2.69. The summed E-state index contributed by atoms with van der Waals surface area (Å²) in [6.45, 7) is 0. The molecule has 0 heterocycles. The highest BCUT2D eigenvalue weighted by Crippen LogP contribution is 2.23. The first-order chi connectivity index (χ1) is 8.60. The molecule has 1 fully saturated rings. The Labute approximate surface area is 115 Å². The zero-order valence-electron chi connectivity index (χ0n) is 10.3. The van der Waals surface area contributed by atoms with Gasteiger partial charge in [-0.1, -0.05) is 0 Å². The quantitative estimate of drug-likeness (QED) is 0.842. The van der Waals surface area contributed by atoms with Crippen molar-refractivity contribution in [2.75, 3.05) is 12.8 Å². The Morgan fingerprint density at radius 3 is 2.94 bits per heavy atom. The summed E-state index contributed by atoms with van der Waals surface area (Å²) in [5, 5.41) is 3.02. The summed E-state index contributed by atoms with van der Waals surface area (Å²) in [6, 6.07) is 5.42. The number of carbonyl (C=O) groups is 1. The number of nitrogens with two attached hydrogens (primary N) is 1. The van der Waals surface area contributed by atoms with Gasteiger partial charge in [-0.05, 0) is 53.4 Å². The number of benzene rings is 1. The predicted molar refractivity (Wildman–Crippen MR) is 74.5 cm³/mol. The number of hydrogen-bond acceptors (Lipinski definition) is 3. The molecule has 0 aliphatic heterocycles. The second-order valence-corrected chi connectivity index (χ2v) is 5.43. The zero-order valence-corrected chi connectivity index (χ0v) is 11.9. The third-order valence-electron chi connectivity index (χ3n) is 3.29. The second-order valence-electron chi connectivity index (χ2n) is 4.58. The number of carbonyl (C=O) groups excluding carboxylic acids is 1. The monoisotopic (exact) mass is 312 g/mol. The molecule has 0 radical (unpaired) electrons. The molecular weight excluding hydrogens is 296 g/mol. The average molecular weight is 313 g/mol. The van der Waals surface area contributed by atoms with Gasteiger partial charge in [0, 0.05) is 23.3 Å². The minimum atomic E-state index is -0.0871. The maximum absolute atomic E-state index is 12.1. The molecular formula is C13H17BrN2O2. The molecule has 1 aliphatic rings. The lowest BCUT2D eigenvalue weighted by atomic mass is 10.1. The van der Waals surface area contributed by atoms with Crippen LogP contribution in [0.1, 0.15) is 29.6 Å².